The van der Waals surface area contributed by atoms with Gasteiger partial charge >= 0.3 is 0 Å². The van der Waals surface area contributed by atoms with Gasteiger partial charge in [-0.25, -0.2) is 0 Å². The summed E-state index contributed by atoms with van der Waals surface area (Å²) >= 11 is 0. The van der Waals surface area contributed by atoms with E-state index >= 15 is 0 Å². The summed E-state index contributed by atoms with van der Waals surface area (Å²) in [6.07, 6.45) is 7.08. The molecule has 0 bridgehead atoms. The largest absolute Gasteiger partial charge is 0.474 e. The van der Waals surface area contributed by atoms with E-state index in [1.165, 1.54) is 18.9 Å². The minimum Gasteiger partial charge on any atom is -0.474 e. The van der Waals surface area contributed by atoms with Crippen molar-refractivity contribution < 1.29 is 4.74 Å². The lowest BCUT2D eigenvalue weighted by atomic mass is 9.89. The Hall–Kier alpha value is -1.32. The van der Waals surface area contributed by atoms with Gasteiger partial charge in [0.25, 0.3) is 5.56 Å². The van der Waals surface area contributed by atoms with E-state index in [9.17, 15) is 4.79 Å². The van der Waals surface area contributed by atoms with Crippen molar-refractivity contribution in [3.63, 3.8) is 0 Å². The van der Waals surface area contributed by atoms with Crippen molar-refractivity contribution in [2.24, 2.45) is 5.92 Å². The number of hydrogen-bond donors (Lipinski definition) is 1. The molecule has 1 aromatic heterocycles. The van der Waals surface area contributed by atoms with Crippen LogP contribution in [0.2, 0.25) is 0 Å². The number of aromatic amines is 1. The Labute approximate surface area is 107 Å². The fraction of sp³-hybridized carbons (Fsp3) is 0.714. The van der Waals surface area contributed by atoms with Crippen LogP contribution in [-0.2, 0) is 0 Å². The third-order valence-electron chi connectivity index (χ3n) is 3.95. The fourth-order valence-electron chi connectivity index (χ4n) is 2.58. The van der Waals surface area contributed by atoms with Crippen LogP contribution in [0, 0.1) is 5.92 Å². The monoisotopic (exact) mass is 248 g/mol. The van der Waals surface area contributed by atoms with Gasteiger partial charge in [-0.1, -0.05) is 6.92 Å². The maximum atomic E-state index is 11.6. The van der Waals surface area contributed by atoms with Gasteiger partial charge < -0.3 is 9.72 Å². The van der Waals surface area contributed by atoms with Crippen LogP contribution in [0.3, 0.4) is 0 Å². The van der Waals surface area contributed by atoms with Gasteiger partial charge in [-0.2, -0.15) is 4.98 Å². The molecule has 2 aliphatic carbocycles. The van der Waals surface area contributed by atoms with Crippen molar-refractivity contribution >= 4 is 0 Å². The second-order valence-corrected chi connectivity index (χ2v) is 5.74. The van der Waals surface area contributed by atoms with E-state index in [2.05, 4.69) is 16.9 Å². The molecule has 1 heterocycles. The summed E-state index contributed by atoms with van der Waals surface area (Å²) in [4.78, 5) is 18.8. The average Bonchev–Trinajstić information content (AvgIpc) is 3.15. The molecule has 4 nitrogen and oxygen atoms in total. The van der Waals surface area contributed by atoms with Crippen LogP contribution in [-0.4, -0.2) is 16.1 Å². The standard InChI is InChI=1S/C14H20N2O2/c1-9-2-6-11(7-3-9)18-13-8-12(17)15-14(16-13)10-4-5-10/h8-11H,2-7H2,1H3,(H,15,16,17). The van der Waals surface area contributed by atoms with E-state index in [1.54, 1.807) is 0 Å². The first-order chi connectivity index (χ1) is 8.70. The number of ether oxygens (including phenoxy) is 1. The summed E-state index contributed by atoms with van der Waals surface area (Å²) in [6.45, 7) is 2.28. The SMILES string of the molecule is CC1CCC(Oc2cc(=O)[nH]c(C3CC3)n2)CC1. The first kappa shape index (κ1) is 11.8. The average molecular weight is 248 g/mol. The molecular weight excluding hydrogens is 228 g/mol. The Balaban J connectivity index is 1.70. The van der Waals surface area contributed by atoms with E-state index < -0.39 is 0 Å². The van der Waals surface area contributed by atoms with Gasteiger partial charge in [-0.15, -0.1) is 0 Å². The second-order valence-electron chi connectivity index (χ2n) is 5.74. The Bertz CT molecular complexity index is 471. The molecule has 0 unspecified atom stereocenters. The Morgan fingerprint density at radius 1 is 1.22 bits per heavy atom. The molecule has 0 radical (unpaired) electrons. The maximum Gasteiger partial charge on any atom is 0.254 e. The normalized spacial score (nSPS) is 28.1. The number of H-pyrrole nitrogens is 1. The van der Waals surface area contributed by atoms with E-state index in [0.29, 0.717) is 11.8 Å². The molecule has 2 fully saturated rings. The van der Waals surface area contributed by atoms with Crippen LogP contribution in [0.25, 0.3) is 0 Å². The van der Waals surface area contributed by atoms with E-state index in [4.69, 9.17) is 4.74 Å². The predicted octanol–water partition coefficient (Wildman–Crippen LogP) is 2.60. The Morgan fingerprint density at radius 2 is 1.94 bits per heavy atom. The van der Waals surface area contributed by atoms with E-state index in [0.717, 1.165) is 37.4 Å². The molecule has 3 rings (SSSR count). The lowest BCUT2D eigenvalue weighted by Crippen LogP contribution is -2.24. The molecule has 0 saturated heterocycles. The van der Waals surface area contributed by atoms with Crippen LogP contribution < -0.4 is 10.3 Å². The van der Waals surface area contributed by atoms with Gasteiger partial charge in [0.05, 0.1) is 6.07 Å². The van der Waals surface area contributed by atoms with Crippen LogP contribution in [0.1, 0.15) is 57.2 Å². The first-order valence-electron chi connectivity index (χ1n) is 6.98. The summed E-state index contributed by atoms with van der Waals surface area (Å²) < 4.78 is 5.87. The molecule has 2 aliphatic rings. The van der Waals surface area contributed by atoms with Gasteiger partial charge in [0.2, 0.25) is 5.88 Å². The molecular formula is C14H20N2O2. The molecule has 0 atom stereocenters. The van der Waals surface area contributed by atoms with Gasteiger partial charge in [0, 0.05) is 5.92 Å². The van der Waals surface area contributed by atoms with Crippen LogP contribution in [0.15, 0.2) is 10.9 Å². The molecule has 4 heteroatoms. The topological polar surface area (TPSA) is 55.0 Å². The fourth-order valence-corrected chi connectivity index (χ4v) is 2.58. The quantitative estimate of drug-likeness (QED) is 0.894. The molecule has 1 N–H and O–H groups in total. The second kappa shape index (κ2) is 4.75. The maximum absolute atomic E-state index is 11.6. The highest BCUT2D eigenvalue weighted by atomic mass is 16.5. The van der Waals surface area contributed by atoms with Crippen molar-refractivity contribution in [1.82, 2.24) is 9.97 Å². The minimum absolute atomic E-state index is 0.0916. The van der Waals surface area contributed by atoms with Gasteiger partial charge in [-0.3, -0.25) is 4.79 Å². The zero-order valence-corrected chi connectivity index (χ0v) is 10.8. The summed E-state index contributed by atoms with van der Waals surface area (Å²) in [5.41, 5.74) is -0.0916. The molecule has 2 saturated carbocycles. The number of nitrogens with zero attached hydrogens (tertiary/aromatic N) is 1. The third kappa shape index (κ3) is 2.74. The lowest BCUT2D eigenvalue weighted by Gasteiger charge is -2.26. The van der Waals surface area contributed by atoms with Crippen LogP contribution >= 0.6 is 0 Å². The predicted molar refractivity (Wildman–Crippen MR) is 68.9 cm³/mol. The van der Waals surface area contributed by atoms with Gasteiger partial charge in [0.15, 0.2) is 0 Å². The smallest absolute Gasteiger partial charge is 0.254 e. The number of rotatable bonds is 3. The van der Waals surface area contributed by atoms with Crippen molar-refractivity contribution in [2.45, 2.75) is 57.5 Å². The Morgan fingerprint density at radius 3 is 2.61 bits per heavy atom. The highest BCUT2D eigenvalue weighted by molar-refractivity contribution is 5.14. The van der Waals surface area contributed by atoms with Crippen molar-refractivity contribution in [3.8, 4) is 5.88 Å². The van der Waals surface area contributed by atoms with Crippen molar-refractivity contribution in [1.29, 1.82) is 0 Å². The van der Waals surface area contributed by atoms with Crippen LogP contribution in [0.5, 0.6) is 5.88 Å². The summed E-state index contributed by atoms with van der Waals surface area (Å²) in [6, 6.07) is 1.48. The first-order valence-corrected chi connectivity index (χ1v) is 6.98. The highest BCUT2D eigenvalue weighted by Gasteiger charge is 2.27. The lowest BCUT2D eigenvalue weighted by molar-refractivity contribution is 0.129. The summed E-state index contributed by atoms with van der Waals surface area (Å²) in [7, 11) is 0. The summed E-state index contributed by atoms with van der Waals surface area (Å²) in [5.74, 6) is 2.58. The summed E-state index contributed by atoms with van der Waals surface area (Å²) in [5, 5.41) is 0. The Kier molecular flexibility index (Phi) is 3.10. The van der Waals surface area contributed by atoms with E-state index in [1.807, 2.05) is 0 Å². The molecule has 0 amide bonds. The van der Waals surface area contributed by atoms with E-state index in [-0.39, 0.29) is 11.7 Å². The molecule has 0 aliphatic heterocycles. The molecule has 98 valence electrons. The van der Waals surface area contributed by atoms with Gasteiger partial charge in [-0.05, 0) is 44.4 Å². The van der Waals surface area contributed by atoms with Crippen molar-refractivity contribution in [2.75, 3.05) is 0 Å². The number of nitrogens with one attached hydrogen (secondary N) is 1. The van der Waals surface area contributed by atoms with Crippen molar-refractivity contribution in [3.05, 3.63) is 22.2 Å². The molecule has 0 aromatic carbocycles. The van der Waals surface area contributed by atoms with Gasteiger partial charge in [0.1, 0.15) is 11.9 Å². The zero-order chi connectivity index (χ0) is 12.5. The third-order valence-corrected chi connectivity index (χ3v) is 3.95. The molecule has 0 spiro atoms. The number of aromatic nitrogens is 2. The molecule has 1 aromatic rings. The van der Waals surface area contributed by atoms with Crippen LogP contribution in [0.4, 0.5) is 0 Å². The highest BCUT2D eigenvalue weighted by Crippen LogP contribution is 2.38. The molecule has 18 heavy (non-hydrogen) atoms. The minimum atomic E-state index is -0.0916. The zero-order valence-electron chi connectivity index (χ0n) is 10.8. The number of hydrogen-bond acceptors (Lipinski definition) is 3.